The fourth-order valence-corrected chi connectivity index (χ4v) is 1.41. The van der Waals surface area contributed by atoms with Crippen LogP contribution in [0.2, 0.25) is 0 Å². The van der Waals surface area contributed by atoms with Gasteiger partial charge in [0, 0.05) is 6.42 Å². The number of phenolic OH excluding ortho intramolecular Hbond substituents is 1. The minimum absolute atomic E-state index is 0.0246. The molecule has 0 saturated carbocycles. The van der Waals surface area contributed by atoms with Crippen molar-refractivity contribution in [2.75, 3.05) is 6.61 Å². The van der Waals surface area contributed by atoms with Crippen LogP contribution in [0.4, 0.5) is 0 Å². The van der Waals surface area contributed by atoms with Crippen molar-refractivity contribution in [2.24, 2.45) is 0 Å². The molecule has 1 aliphatic heterocycles. The van der Waals surface area contributed by atoms with E-state index >= 15 is 0 Å². The highest BCUT2D eigenvalue weighted by molar-refractivity contribution is 5.92. The van der Waals surface area contributed by atoms with Gasteiger partial charge < -0.3 is 14.6 Å². The molecule has 0 spiro atoms. The van der Waals surface area contributed by atoms with Gasteiger partial charge in [-0.2, -0.15) is 0 Å². The zero-order chi connectivity index (χ0) is 11.5. The van der Waals surface area contributed by atoms with Crippen LogP contribution in [0.15, 0.2) is 24.3 Å². The molecule has 0 unspecified atom stereocenters. The van der Waals surface area contributed by atoms with Crippen molar-refractivity contribution >= 4 is 11.9 Å². The Morgan fingerprint density at radius 3 is 2.94 bits per heavy atom. The van der Waals surface area contributed by atoms with Gasteiger partial charge in [0.05, 0.1) is 12.2 Å². The average Bonchev–Trinajstić information content (AvgIpc) is 2.64. The van der Waals surface area contributed by atoms with Gasteiger partial charge in [-0.05, 0) is 18.2 Å². The zero-order valence-electron chi connectivity index (χ0n) is 8.38. The second-order valence-electron chi connectivity index (χ2n) is 3.40. The molecular formula is C11H10O5. The maximum absolute atomic E-state index is 11.6. The number of benzene rings is 1. The number of phenols is 1. The van der Waals surface area contributed by atoms with Gasteiger partial charge in [0.2, 0.25) is 6.10 Å². The second-order valence-corrected chi connectivity index (χ2v) is 3.40. The summed E-state index contributed by atoms with van der Waals surface area (Å²) in [4.78, 5) is 22.6. The van der Waals surface area contributed by atoms with Crippen molar-refractivity contribution in [1.29, 1.82) is 0 Å². The zero-order valence-corrected chi connectivity index (χ0v) is 8.38. The number of hydrogen-bond donors (Lipinski definition) is 1. The Morgan fingerprint density at radius 2 is 2.31 bits per heavy atom. The van der Waals surface area contributed by atoms with Gasteiger partial charge in [0.15, 0.2) is 0 Å². The fraction of sp³-hybridized carbons (Fsp3) is 0.273. The number of carbonyl (C=O) groups is 2. The van der Waals surface area contributed by atoms with Crippen LogP contribution in [0.5, 0.6) is 5.75 Å². The summed E-state index contributed by atoms with van der Waals surface area (Å²) in [5, 5.41) is 9.18. The van der Waals surface area contributed by atoms with Crippen molar-refractivity contribution in [3.05, 3.63) is 29.8 Å². The molecule has 1 aromatic carbocycles. The Labute approximate surface area is 91.6 Å². The Morgan fingerprint density at radius 1 is 1.50 bits per heavy atom. The molecule has 1 N–H and O–H groups in total. The van der Waals surface area contributed by atoms with Crippen molar-refractivity contribution in [3.8, 4) is 5.75 Å². The first-order chi connectivity index (χ1) is 7.66. The Kier molecular flexibility index (Phi) is 2.76. The van der Waals surface area contributed by atoms with Crippen LogP contribution in [-0.4, -0.2) is 29.8 Å². The Hall–Kier alpha value is -2.04. The molecule has 16 heavy (non-hydrogen) atoms. The molecule has 0 bridgehead atoms. The second kappa shape index (κ2) is 4.22. The van der Waals surface area contributed by atoms with E-state index < -0.39 is 18.0 Å². The van der Waals surface area contributed by atoms with Crippen molar-refractivity contribution in [3.63, 3.8) is 0 Å². The first-order valence-corrected chi connectivity index (χ1v) is 4.83. The number of aromatic hydroxyl groups is 1. The summed E-state index contributed by atoms with van der Waals surface area (Å²) < 4.78 is 9.60. The number of ether oxygens (including phenoxy) is 2. The van der Waals surface area contributed by atoms with Gasteiger partial charge >= 0.3 is 11.9 Å². The molecule has 1 saturated heterocycles. The molecule has 2 rings (SSSR count). The third-order valence-electron chi connectivity index (χ3n) is 2.22. The molecule has 1 heterocycles. The number of cyclic esters (lactones) is 1. The van der Waals surface area contributed by atoms with Crippen molar-refractivity contribution < 1.29 is 24.2 Å². The molecule has 0 aromatic heterocycles. The monoisotopic (exact) mass is 222 g/mol. The molecular weight excluding hydrogens is 212 g/mol. The number of carbonyl (C=O) groups excluding carboxylic acids is 2. The average molecular weight is 222 g/mol. The van der Waals surface area contributed by atoms with Gasteiger partial charge in [-0.3, -0.25) is 0 Å². The van der Waals surface area contributed by atoms with Crippen LogP contribution < -0.4 is 0 Å². The van der Waals surface area contributed by atoms with Gasteiger partial charge in [-0.25, -0.2) is 9.59 Å². The van der Waals surface area contributed by atoms with Crippen molar-refractivity contribution in [2.45, 2.75) is 12.5 Å². The molecule has 84 valence electrons. The van der Waals surface area contributed by atoms with Crippen LogP contribution >= 0.6 is 0 Å². The molecule has 1 aromatic rings. The number of esters is 2. The third kappa shape index (κ3) is 2.13. The van der Waals surface area contributed by atoms with E-state index in [4.69, 9.17) is 4.74 Å². The standard InChI is InChI=1S/C11H10O5/c12-8-3-1-2-7(6-8)10(13)16-9-4-5-15-11(9)14/h1-3,6,9,12H,4-5H2/t9-/m0/s1. The van der Waals surface area contributed by atoms with Crippen LogP contribution in [-0.2, 0) is 14.3 Å². The summed E-state index contributed by atoms with van der Waals surface area (Å²) in [5.74, 6) is -1.18. The predicted molar refractivity (Wildman–Crippen MR) is 52.9 cm³/mol. The van der Waals surface area contributed by atoms with Crippen LogP contribution in [0, 0.1) is 0 Å². The maximum Gasteiger partial charge on any atom is 0.347 e. The molecule has 1 atom stereocenters. The quantitative estimate of drug-likeness (QED) is 0.751. The van der Waals surface area contributed by atoms with Crippen LogP contribution in [0.1, 0.15) is 16.8 Å². The Balaban J connectivity index is 2.05. The molecule has 0 amide bonds. The highest BCUT2D eigenvalue weighted by atomic mass is 16.6. The van der Waals surface area contributed by atoms with E-state index in [9.17, 15) is 14.7 Å². The molecule has 1 fully saturated rings. The molecule has 1 aliphatic rings. The lowest BCUT2D eigenvalue weighted by molar-refractivity contribution is -0.145. The van der Waals surface area contributed by atoms with Crippen LogP contribution in [0.3, 0.4) is 0 Å². The smallest absolute Gasteiger partial charge is 0.347 e. The topological polar surface area (TPSA) is 72.8 Å². The van der Waals surface area contributed by atoms with E-state index in [0.29, 0.717) is 6.42 Å². The first-order valence-electron chi connectivity index (χ1n) is 4.83. The van der Waals surface area contributed by atoms with Crippen LogP contribution in [0.25, 0.3) is 0 Å². The maximum atomic E-state index is 11.6. The fourth-order valence-electron chi connectivity index (χ4n) is 1.41. The van der Waals surface area contributed by atoms with E-state index in [1.54, 1.807) is 0 Å². The largest absolute Gasteiger partial charge is 0.508 e. The van der Waals surface area contributed by atoms with Gasteiger partial charge in [0.25, 0.3) is 0 Å². The highest BCUT2D eigenvalue weighted by Gasteiger charge is 2.30. The number of rotatable bonds is 2. The van der Waals surface area contributed by atoms with Gasteiger partial charge in [-0.1, -0.05) is 6.07 Å². The summed E-state index contributed by atoms with van der Waals surface area (Å²) in [6, 6.07) is 5.75. The summed E-state index contributed by atoms with van der Waals surface area (Å²) in [7, 11) is 0. The lowest BCUT2D eigenvalue weighted by Crippen LogP contribution is -2.22. The van der Waals surface area contributed by atoms with Gasteiger partial charge in [0.1, 0.15) is 5.75 Å². The van der Waals surface area contributed by atoms with E-state index in [0.717, 1.165) is 0 Å². The summed E-state index contributed by atoms with van der Waals surface area (Å²) >= 11 is 0. The molecule has 0 radical (unpaired) electrons. The minimum Gasteiger partial charge on any atom is -0.508 e. The molecule has 5 heteroatoms. The molecule has 5 nitrogen and oxygen atoms in total. The predicted octanol–water partition coefficient (Wildman–Crippen LogP) is 0.864. The van der Waals surface area contributed by atoms with E-state index in [1.807, 2.05) is 0 Å². The van der Waals surface area contributed by atoms with E-state index in [1.165, 1.54) is 24.3 Å². The minimum atomic E-state index is -0.824. The van der Waals surface area contributed by atoms with Crippen molar-refractivity contribution in [1.82, 2.24) is 0 Å². The third-order valence-corrected chi connectivity index (χ3v) is 2.22. The highest BCUT2D eigenvalue weighted by Crippen LogP contribution is 2.16. The SMILES string of the molecule is O=C(O[C@H]1CCOC1=O)c1cccc(O)c1. The summed E-state index contributed by atoms with van der Waals surface area (Å²) in [6.07, 6.45) is -0.446. The summed E-state index contributed by atoms with van der Waals surface area (Å²) in [6.45, 7) is 0.275. The lowest BCUT2D eigenvalue weighted by atomic mass is 10.2. The first kappa shape index (κ1) is 10.5. The molecule has 0 aliphatic carbocycles. The Bertz CT molecular complexity index is 426. The van der Waals surface area contributed by atoms with E-state index in [2.05, 4.69) is 4.74 Å². The lowest BCUT2D eigenvalue weighted by Gasteiger charge is -2.08. The van der Waals surface area contributed by atoms with E-state index in [-0.39, 0.29) is 17.9 Å². The summed E-state index contributed by atoms with van der Waals surface area (Å²) in [5.41, 5.74) is 0.208. The normalized spacial score (nSPS) is 19.2. The van der Waals surface area contributed by atoms with Gasteiger partial charge in [-0.15, -0.1) is 0 Å². The number of hydrogen-bond acceptors (Lipinski definition) is 5.